The summed E-state index contributed by atoms with van der Waals surface area (Å²) in [5.41, 5.74) is -5.34. The molecular formula is C40H33Cl2F6N9O5S2. The summed E-state index contributed by atoms with van der Waals surface area (Å²) >= 11 is 11.8. The molecule has 64 heavy (non-hydrogen) atoms. The SMILES string of the molecule is CC1CN(c2ncc(C(=O)Nc3ccc(OC(F)(F)Cl)cc3)cc2-c2ncns2)CC1F.O=C(Nc1ccc(OC(F)(F)Cl)cc1)c1cnc(N2CC(O)C(F)C2)c(-c2ccns2)c1. The number of benzene rings is 2. The van der Waals surface area contributed by atoms with E-state index in [1.807, 2.05) is 11.8 Å². The van der Waals surface area contributed by atoms with Crippen LogP contribution < -0.4 is 29.9 Å². The molecule has 0 aliphatic carbocycles. The minimum atomic E-state index is -3.83. The van der Waals surface area contributed by atoms with E-state index in [1.54, 1.807) is 29.3 Å². The average molecular weight is 969 g/mol. The minimum Gasteiger partial charge on any atom is -0.420 e. The number of amides is 2. The number of hydrogen-bond donors (Lipinski definition) is 3. The molecule has 4 unspecified atom stereocenters. The van der Waals surface area contributed by atoms with E-state index in [2.05, 4.69) is 43.8 Å². The van der Waals surface area contributed by atoms with Crippen molar-refractivity contribution < 1.29 is 50.5 Å². The number of nitrogens with zero attached hydrogens (tertiary/aromatic N) is 7. The molecule has 2 aliphatic heterocycles. The Hall–Kier alpha value is -5.81. The Labute approximate surface area is 378 Å². The molecule has 2 fully saturated rings. The molecule has 8 rings (SSSR count). The molecule has 2 saturated heterocycles. The highest BCUT2D eigenvalue weighted by Crippen LogP contribution is 2.36. The maximum atomic E-state index is 14.1. The number of rotatable bonds is 12. The van der Waals surface area contributed by atoms with Crippen LogP contribution in [-0.2, 0) is 0 Å². The molecule has 6 aromatic rings. The Bertz CT molecular complexity index is 2350. The lowest BCUT2D eigenvalue weighted by molar-refractivity contribution is -0.0972. The van der Waals surface area contributed by atoms with Crippen LogP contribution in [0, 0.1) is 5.92 Å². The lowest BCUT2D eigenvalue weighted by Gasteiger charge is -2.20. The molecule has 0 spiro atoms. The lowest BCUT2D eigenvalue weighted by Crippen LogP contribution is -2.23. The van der Waals surface area contributed by atoms with Gasteiger partial charge in [0, 0.05) is 77.7 Å². The monoisotopic (exact) mass is 967 g/mol. The number of aliphatic hydroxyl groups is 1. The number of pyridine rings is 2. The van der Waals surface area contributed by atoms with Crippen LogP contribution in [-0.4, -0.2) is 96.4 Å². The van der Waals surface area contributed by atoms with Crippen LogP contribution in [0.4, 0.5) is 49.4 Å². The molecule has 24 heteroatoms. The van der Waals surface area contributed by atoms with Crippen LogP contribution in [0.2, 0.25) is 0 Å². The molecule has 3 N–H and O–H groups in total. The van der Waals surface area contributed by atoms with E-state index in [0.29, 0.717) is 45.7 Å². The van der Waals surface area contributed by atoms with Gasteiger partial charge < -0.3 is 35.0 Å². The van der Waals surface area contributed by atoms with Crippen molar-refractivity contribution in [1.82, 2.24) is 23.7 Å². The normalized spacial score (nSPS) is 18.6. The van der Waals surface area contributed by atoms with E-state index >= 15 is 0 Å². The van der Waals surface area contributed by atoms with Crippen molar-refractivity contribution >= 4 is 81.1 Å². The van der Waals surface area contributed by atoms with E-state index in [9.17, 15) is 41.0 Å². The highest BCUT2D eigenvalue weighted by Gasteiger charge is 2.35. The van der Waals surface area contributed by atoms with Gasteiger partial charge in [0.05, 0.1) is 34.7 Å². The third-order valence-electron chi connectivity index (χ3n) is 9.58. The number of carbonyl (C=O) groups excluding carboxylic acids is 2. The van der Waals surface area contributed by atoms with E-state index in [4.69, 9.17) is 23.2 Å². The molecule has 4 aromatic heterocycles. The Balaban J connectivity index is 0.000000191. The van der Waals surface area contributed by atoms with Crippen LogP contribution in [0.1, 0.15) is 27.6 Å². The van der Waals surface area contributed by atoms with Gasteiger partial charge in [0.15, 0.2) is 0 Å². The molecule has 0 bridgehead atoms. The summed E-state index contributed by atoms with van der Waals surface area (Å²) in [6.07, 6.45) is 2.28. The number of alkyl halides is 8. The summed E-state index contributed by atoms with van der Waals surface area (Å²) in [6, 6.07) is 15.5. The fourth-order valence-electron chi connectivity index (χ4n) is 6.56. The number of carbonyl (C=O) groups is 2. The largest absolute Gasteiger partial charge is 0.487 e. The van der Waals surface area contributed by atoms with Gasteiger partial charge in [0.1, 0.15) is 52.9 Å². The molecule has 4 atom stereocenters. The third-order valence-corrected chi connectivity index (χ3v) is 11.2. The van der Waals surface area contributed by atoms with Gasteiger partial charge in [-0.05, 0) is 89.8 Å². The number of ether oxygens (including phenoxy) is 2. The zero-order valence-electron chi connectivity index (χ0n) is 32.8. The van der Waals surface area contributed by atoms with Crippen molar-refractivity contribution in [3.05, 3.63) is 103 Å². The second-order valence-electron chi connectivity index (χ2n) is 14.3. The fourth-order valence-corrected chi connectivity index (χ4v) is 7.88. The molecule has 6 heterocycles. The van der Waals surface area contributed by atoms with E-state index in [0.717, 1.165) is 16.4 Å². The van der Waals surface area contributed by atoms with Crippen molar-refractivity contribution in [1.29, 1.82) is 0 Å². The van der Waals surface area contributed by atoms with Gasteiger partial charge in [0.2, 0.25) is 0 Å². The Morgan fingerprint density at radius 3 is 1.67 bits per heavy atom. The summed E-state index contributed by atoms with van der Waals surface area (Å²) in [5.74, 6) is -0.436. The molecule has 2 amide bonds. The number of nitrogens with one attached hydrogen (secondary N) is 2. The van der Waals surface area contributed by atoms with E-state index in [1.165, 1.54) is 78.8 Å². The predicted octanol–water partition coefficient (Wildman–Crippen LogP) is 8.96. The zero-order valence-corrected chi connectivity index (χ0v) is 36.0. The summed E-state index contributed by atoms with van der Waals surface area (Å²) in [7, 11) is 0. The second kappa shape index (κ2) is 19.5. The zero-order chi connectivity index (χ0) is 45.8. The number of anilines is 4. The molecule has 14 nitrogen and oxygen atoms in total. The first-order chi connectivity index (χ1) is 30.4. The van der Waals surface area contributed by atoms with Crippen LogP contribution in [0.3, 0.4) is 0 Å². The topological polar surface area (TPSA) is 168 Å². The van der Waals surface area contributed by atoms with Crippen molar-refractivity contribution in [2.45, 2.75) is 36.5 Å². The molecule has 2 aromatic carbocycles. The smallest absolute Gasteiger partial charge is 0.420 e. The maximum absolute atomic E-state index is 14.1. The van der Waals surface area contributed by atoms with E-state index < -0.39 is 41.4 Å². The highest BCUT2D eigenvalue weighted by molar-refractivity contribution is 7.09. The summed E-state index contributed by atoms with van der Waals surface area (Å²) in [4.78, 5) is 42.7. The van der Waals surface area contributed by atoms with Gasteiger partial charge >= 0.3 is 11.1 Å². The number of aromatic nitrogens is 5. The summed E-state index contributed by atoms with van der Waals surface area (Å²) in [5, 5.41) is 15.6. The number of aliphatic hydroxyl groups excluding tert-OH is 1. The molecule has 0 saturated carbocycles. The minimum absolute atomic E-state index is 0.0126. The van der Waals surface area contributed by atoms with Crippen LogP contribution in [0.5, 0.6) is 11.5 Å². The Morgan fingerprint density at radius 2 is 1.23 bits per heavy atom. The first-order valence-corrected chi connectivity index (χ1v) is 21.2. The standard InChI is InChI=1S/C20H17ClF3N5O2S.C20H16ClF3N4O3S/c1-11-8-29(9-16(11)22)17-15(19-26-10-27-32-19)6-12(7-25-17)18(30)28-13-2-4-14(5-3-13)31-20(21,23)24;21-20(23,24)31-13-3-1-12(2-4-13)27-19(30)11-7-14(17-5-6-26-32-17)18(25-8-11)28-9-15(22)16(29)10-28/h2-7,10-11,16H,8-9H2,1H3,(H,28,30);1-8,15-16,29H,9-10H2,(H,27,30). The van der Waals surface area contributed by atoms with Crippen molar-refractivity contribution in [3.63, 3.8) is 0 Å². The van der Waals surface area contributed by atoms with Gasteiger partial charge in [-0.25, -0.2) is 28.1 Å². The summed E-state index contributed by atoms with van der Waals surface area (Å²) < 4.78 is 95.3. The highest BCUT2D eigenvalue weighted by atomic mass is 35.5. The van der Waals surface area contributed by atoms with Crippen molar-refractivity contribution in [2.24, 2.45) is 5.92 Å². The fraction of sp³-hybridized carbons (Fsp3) is 0.275. The van der Waals surface area contributed by atoms with Gasteiger partial charge in [-0.15, -0.1) is 17.6 Å². The first-order valence-electron chi connectivity index (χ1n) is 18.9. The number of β-amino-alcohol motifs (C(OH)–C–C–N with tert-alkyl or cyclic N) is 1. The predicted molar refractivity (Wildman–Crippen MR) is 230 cm³/mol. The van der Waals surface area contributed by atoms with Crippen molar-refractivity contribution in [3.8, 4) is 32.5 Å². The molecule has 0 radical (unpaired) electrons. The quantitative estimate of drug-likeness (QED) is 0.0788. The van der Waals surface area contributed by atoms with Crippen LogP contribution in [0.15, 0.2) is 91.6 Å². The lowest BCUT2D eigenvalue weighted by atomic mass is 10.1. The molecular weight excluding hydrogens is 936 g/mol. The number of halogens is 8. The van der Waals surface area contributed by atoms with Gasteiger partial charge in [-0.1, -0.05) is 6.92 Å². The molecule has 2 aliphatic rings. The van der Waals surface area contributed by atoms with Gasteiger partial charge in [-0.3, -0.25) is 9.59 Å². The Morgan fingerprint density at radius 1 is 0.719 bits per heavy atom. The molecule has 336 valence electrons. The van der Waals surface area contributed by atoms with Crippen LogP contribution in [0.25, 0.3) is 21.0 Å². The van der Waals surface area contributed by atoms with Crippen LogP contribution >= 0.6 is 46.3 Å². The van der Waals surface area contributed by atoms with E-state index in [-0.39, 0.29) is 48.2 Å². The Kier molecular flexibility index (Phi) is 14.1. The first kappa shape index (κ1) is 46.2. The maximum Gasteiger partial charge on any atom is 0.487 e. The van der Waals surface area contributed by atoms with Gasteiger partial charge in [-0.2, -0.15) is 4.37 Å². The number of hydrogen-bond acceptors (Lipinski definition) is 14. The second-order valence-corrected chi connectivity index (χ2v) is 16.7. The average Bonchev–Trinajstić information content (AvgIpc) is 4.09. The van der Waals surface area contributed by atoms with Gasteiger partial charge in [0.25, 0.3) is 11.8 Å². The van der Waals surface area contributed by atoms with Crippen molar-refractivity contribution in [2.75, 3.05) is 46.6 Å². The third kappa shape index (κ3) is 11.8. The summed E-state index contributed by atoms with van der Waals surface area (Å²) in [6.45, 7) is 2.62.